The Hall–Kier alpha value is -4.15. The highest BCUT2D eigenvalue weighted by atomic mass is 19.4. The van der Waals surface area contributed by atoms with Gasteiger partial charge in [-0.2, -0.15) is 13.2 Å². The van der Waals surface area contributed by atoms with Crippen molar-refractivity contribution < 1.29 is 40.3 Å². The first-order valence-corrected chi connectivity index (χ1v) is 11.7. The van der Waals surface area contributed by atoms with Gasteiger partial charge in [0.15, 0.2) is 11.5 Å². The van der Waals surface area contributed by atoms with Crippen molar-refractivity contribution in [2.45, 2.75) is 45.1 Å². The van der Waals surface area contributed by atoms with E-state index in [1.807, 2.05) is 0 Å². The van der Waals surface area contributed by atoms with E-state index in [0.717, 1.165) is 32.2 Å². The van der Waals surface area contributed by atoms with Crippen LogP contribution in [0.2, 0.25) is 0 Å². The standard InChI is InChI=1S/C28H22F6N2O3/c1-27(2,31)26(38)36-14-16-10-20(24(25(29)30)35-13-16)21(37)11-15-3-8-22-18(9-15)12-23(39-22)17-4-6-19(7-5-17)28(32,33)34/h3-10,12-13,25H,11,14H2,1-2H3,(H,36,38). The van der Waals surface area contributed by atoms with Crippen molar-refractivity contribution in [2.24, 2.45) is 0 Å². The van der Waals surface area contributed by atoms with Crippen molar-refractivity contribution in [3.8, 4) is 11.3 Å². The molecule has 0 spiro atoms. The van der Waals surface area contributed by atoms with Crippen molar-refractivity contribution in [3.05, 3.63) is 88.7 Å². The number of halogens is 6. The number of furan rings is 1. The summed E-state index contributed by atoms with van der Waals surface area (Å²) in [6.07, 6.45) is -6.66. The average Bonchev–Trinajstić information content (AvgIpc) is 3.29. The summed E-state index contributed by atoms with van der Waals surface area (Å²) in [6, 6.07) is 12.0. The van der Waals surface area contributed by atoms with Gasteiger partial charge >= 0.3 is 6.18 Å². The summed E-state index contributed by atoms with van der Waals surface area (Å²) < 4.78 is 85.1. The molecular formula is C28H22F6N2O3. The second kappa shape index (κ2) is 10.5. The first kappa shape index (κ1) is 27.9. The highest BCUT2D eigenvalue weighted by molar-refractivity contribution is 5.99. The lowest BCUT2D eigenvalue weighted by molar-refractivity contribution is -0.137. The molecule has 0 bridgehead atoms. The molecule has 39 heavy (non-hydrogen) atoms. The van der Waals surface area contributed by atoms with Gasteiger partial charge in [0.2, 0.25) is 0 Å². The Morgan fingerprint density at radius 1 is 0.949 bits per heavy atom. The maximum atomic E-state index is 13.7. The van der Waals surface area contributed by atoms with Gasteiger partial charge in [-0.05, 0) is 61.4 Å². The third kappa shape index (κ3) is 6.47. The van der Waals surface area contributed by atoms with Crippen LogP contribution in [0.4, 0.5) is 26.3 Å². The lowest BCUT2D eigenvalue weighted by Crippen LogP contribution is -2.38. The number of rotatable bonds is 8. The number of aromatic nitrogens is 1. The molecule has 204 valence electrons. The van der Waals surface area contributed by atoms with Gasteiger partial charge in [0, 0.05) is 35.7 Å². The SMILES string of the molecule is CC(C)(F)C(=O)NCc1cnc(C(F)F)c(C(=O)Cc2ccc3oc(-c4ccc(C(F)(F)F)cc4)cc3c2)c1. The summed E-state index contributed by atoms with van der Waals surface area (Å²) in [5.41, 5.74) is -2.42. The number of hydrogen-bond acceptors (Lipinski definition) is 4. The number of benzene rings is 2. The second-order valence-corrected chi connectivity index (χ2v) is 9.39. The smallest absolute Gasteiger partial charge is 0.416 e. The van der Waals surface area contributed by atoms with Crippen LogP contribution < -0.4 is 5.32 Å². The van der Waals surface area contributed by atoms with Gasteiger partial charge in [-0.15, -0.1) is 0 Å². The molecule has 0 fully saturated rings. The van der Waals surface area contributed by atoms with Crippen molar-refractivity contribution >= 4 is 22.7 Å². The molecule has 0 radical (unpaired) electrons. The fourth-order valence-electron chi connectivity index (χ4n) is 3.85. The Balaban J connectivity index is 1.55. The lowest BCUT2D eigenvalue weighted by atomic mass is 9.99. The van der Waals surface area contributed by atoms with E-state index in [9.17, 15) is 35.9 Å². The highest BCUT2D eigenvalue weighted by Gasteiger charge is 2.30. The first-order chi connectivity index (χ1) is 18.2. The molecule has 1 N–H and O–H groups in total. The number of ketones is 1. The van der Waals surface area contributed by atoms with Crippen LogP contribution >= 0.6 is 0 Å². The zero-order valence-corrected chi connectivity index (χ0v) is 20.7. The first-order valence-electron chi connectivity index (χ1n) is 11.7. The zero-order chi connectivity index (χ0) is 28.5. The molecule has 4 rings (SSSR count). The van der Waals surface area contributed by atoms with E-state index in [2.05, 4.69) is 10.3 Å². The third-order valence-electron chi connectivity index (χ3n) is 5.92. The summed E-state index contributed by atoms with van der Waals surface area (Å²) in [4.78, 5) is 28.5. The van der Waals surface area contributed by atoms with Gasteiger partial charge in [0.1, 0.15) is 17.0 Å². The van der Waals surface area contributed by atoms with E-state index in [-0.39, 0.29) is 24.1 Å². The number of Topliss-reactive ketones (excluding diaryl/α,β-unsaturated/α-hetero) is 1. The monoisotopic (exact) mass is 548 g/mol. The Labute approximate surface area is 218 Å². The number of alkyl halides is 6. The van der Waals surface area contributed by atoms with E-state index >= 15 is 0 Å². The highest BCUT2D eigenvalue weighted by Crippen LogP contribution is 2.33. The molecule has 1 amide bonds. The number of pyridine rings is 1. The van der Waals surface area contributed by atoms with Crippen molar-refractivity contribution in [1.29, 1.82) is 0 Å². The molecule has 5 nitrogen and oxygen atoms in total. The number of nitrogens with zero attached hydrogens (tertiary/aromatic N) is 1. The van der Waals surface area contributed by atoms with Crippen LogP contribution in [0, 0.1) is 0 Å². The van der Waals surface area contributed by atoms with Crippen LogP contribution in [-0.4, -0.2) is 22.3 Å². The maximum Gasteiger partial charge on any atom is 0.416 e. The van der Waals surface area contributed by atoms with Gasteiger partial charge < -0.3 is 9.73 Å². The van der Waals surface area contributed by atoms with Gasteiger partial charge in [-0.25, -0.2) is 13.2 Å². The normalized spacial score (nSPS) is 12.2. The summed E-state index contributed by atoms with van der Waals surface area (Å²) in [5.74, 6) is -1.24. The molecule has 0 aliphatic rings. The number of fused-ring (bicyclic) bond motifs is 1. The molecule has 2 aromatic heterocycles. The number of nitrogens with one attached hydrogen (secondary N) is 1. The van der Waals surface area contributed by atoms with Crippen LogP contribution in [-0.2, 0) is 23.9 Å². The number of carbonyl (C=O) groups is 2. The minimum Gasteiger partial charge on any atom is -0.456 e. The number of amides is 1. The molecule has 4 aromatic rings. The molecule has 0 aliphatic carbocycles. The van der Waals surface area contributed by atoms with Crippen LogP contribution in [0.1, 0.15) is 53.0 Å². The number of hydrogen-bond donors (Lipinski definition) is 1. The summed E-state index contributed by atoms with van der Waals surface area (Å²) in [5, 5.41) is 2.89. The molecule has 2 heterocycles. The van der Waals surface area contributed by atoms with Crippen LogP contribution in [0.25, 0.3) is 22.3 Å². The fourth-order valence-corrected chi connectivity index (χ4v) is 3.85. The Kier molecular flexibility index (Phi) is 7.54. The van der Waals surface area contributed by atoms with Gasteiger partial charge in [0.05, 0.1) is 5.56 Å². The number of carbonyl (C=O) groups excluding carboxylic acids is 2. The van der Waals surface area contributed by atoms with E-state index in [0.29, 0.717) is 27.9 Å². The van der Waals surface area contributed by atoms with Gasteiger partial charge in [0.25, 0.3) is 12.3 Å². The summed E-state index contributed by atoms with van der Waals surface area (Å²) in [7, 11) is 0. The third-order valence-corrected chi connectivity index (χ3v) is 5.92. The van der Waals surface area contributed by atoms with Crippen molar-refractivity contribution in [1.82, 2.24) is 10.3 Å². The van der Waals surface area contributed by atoms with Crippen LogP contribution in [0.5, 0.6) is 0 Å². The maximum absolute atomic E-state index is 13.7. The quantitative estimate of drug-likeness (QED) is 0.186. The summed E-state index contributed by atoms with van der Waals surface area (Å²) in [6.45, 7) is 1.92. The van der Waals surface area contributed by atoms with E-state index < -0.39 is 41.2 Å². The fraction of sp³-hybridized carbons (Fsp3) is 0.250. The van der Waals surface area contributed by atoms with Gasteiger partial charge in [-0.3, -0.25) is 14.6 Å². The van der Waals surface area contributed by atoms with E-state index in [1.54, 1.807) is 24.3 Å². The zero-order valence-electron chi connectivity index (χ0n) is 20.7. The molecule has 0 saturated heterocycles. The Morgan fingerprint density at radius 2 is 1.64 bits per heavy atom. The molecule has 0 aliphatic heterocycles. The van der Waals surface area contributed by atoms with E-state index in [4.69, 9.17) is 4.42 Å². The van der Waals surface area contributed by atoms with Crippen LogP contribution in [0.15, 0.2) is 65.2 Å². The largest absolute Gasteiger partial charge is 0.456 e. The average molecular weight is 548 g/mol. The molecular weight excluding hydrogens is 526 g/mol. The minimum atomic E-state index is -4.47. The molecule has 0 saturated carbocycles. The van der Waals surface area contributed by atoms with Gasteiger partial charge in [-0.1, -0.05) is 18.2 Å². The second-order valence-electron chi connectivity index (χ2n) is 9.39. The molecule has 11 heteroatoms. The Bertz CT molecular complexity index is 1520. The minimum absolute atomic E-state index is 0.212. The van der Waals surface area contributed by atoms with Crippen molar-refractivity contribution in [2.75, 3.05) is 0 Å². The molecule has 2 aromatic carbocycles. The summed E-state index contributed by atoms with van der Waals surface area (Å²) >= 11 is 0. The van der Waals surface area contributed by atoms with Crippen LogP contribution in [0.3, 0.4) is 0 Å². The topological polar surface area (TPSA) is 72.2 Å². The molecule has 0 atom stereocenters. The van der Waals surface area contributed by atoms with Crippen molar-refractivity contribution in [3.63, 3.8) is 0 Å². The predicted octanol–water partition coefficient (Wildman–Crippen LogP) is 7.24. The predicted molar refractivity (Wildman–Crippen MR) is 131 cm³/mol. The van der Waals surface area contributed by atoms with E-state index in [1.165, 1.54) is 18.2 Å². The molecule has 0 unspecified atom stereocenters. The Morgan fingerprint density at radius 3 is 2.26 bits per heavy atom. The lowest BCUT2D eigenvalue weighted by Gasteiger charge is -2.15.